The van der Waals surface area contributed by atoms with Gasteiger partial charge in [0.25, 0.3) is 0 Å². The lowest BCUT2D eigenvalue weighted by molar-refractivity contribution is 0.0602. The van der Waals surface area contributed by atoms with Crippen LogP contribution in [0.4, 0.5) is 0 Å². The number of hydrogen-bond donors (Lipinski definition) is 1. The monoisotopic (exact) mass is 337 g/mol. The summed E-state index contributed by atoms with van der Waals surface area (Å²) in [5, 5.41) is 1.61. The molecule has 0 aliphatic rings. The molecule has 1 aromatic heterocycles. The fraction of sp³-hybridized carbons (Fsp3) is 0.583. The van der Waals surface area contributed by atoms with Crippen molar-refractivity contribution in [3.63, 3.8) is 0 Å². The normalized spacial score (nSPS) is 11.6. The first-order chi connectivity index (χ1) is 9.94. The van der Waals surface area contributed by atoms with Gasteiger partial charge in [0.2, 0.25) is 10.0 Å². The number of rotatable bonds is 9. The van der Waals surface area contributed by atoms with E-state index in [-0.39, 0.29) is 22.9 Å². The zero-order chi connectivity index (χ0) is 15.9. The van der Waals surface area contributed by atoms with Crippen molar-refractivity contribution in [2.24, 2.45) is 0 Å². The van der Waals surface area contributed by atoms with E-state index in [9.17, 15) is 13.2 Å². The fourth-order valence-electron chi connectivity index (χ4n) is 1.57. The van der Waals surface area contributed by atoms with E-state index in [0.29, 0.717) is 18.8 Å². The number of hydrogen-bond acceptors (Lipinski definition) is 7. The van der Waals surface area contributed by atoms with E-state index in [1.165, 1.54) is 7.11 Å². The molecule has 0 unspecified atom stereocenters. The Morgan fingerprint density at radius 3 is 2.62 bits per heavy atom. The van der Waals surface area contributed by atoms with Crippen LogP contribution in [0.5, 0.6) is 0 Å². The maximum absolute atomic E-state index is 12.3. The number of esters is 1. The van der Waals surface area contributed by atoms with E-state index >= 15 is 0 Å². The lowest BCUT2D eigenvalue weighted by Gasteiger charge is -2.09. The van der Waals surface area contributed by atoms with Gasteiger partial charge in [0.1, 0.15) is 9.77 Å². The van der Waals surface area contributed by atoms with E-state index in [4.69, 9.17) is 9.47 Å². The molecular formula is C12H19NO6S2. The van der Waals surface area contributed by atoms with Crippen molar-refractivity contribution in [3.8, 4) is 0 Å². The van der Waals surface area contributed by atoms with E-state index in [1.54, 1.807) is 19.4 Å². The van der Waals surface area contributed by atoms with Gasteiger partial charge in [-0.15, -0.1) is 11.3 Å². The highest BCUT2D eigenvalue weighted by Gasteiger charge is 2.27. The van der Waals surface area contributed by atoms with Crippen LogP contribution in [0.2, 0.25) is 0 Å². The van der Waals surface area contributed by atoms with Gasteiger partial charge < -0.3 is 14.2 Å². The first kappa shape index (κ1) is 18.1. The Hall–Kier alpha value is -1.00. The Kier molecular flexibility index (Phi) is 7.26. The number of ether oxygens (including phenoxy) is 3. The highest BCUT2D eigenvalue weighted by Crippen LogP contribution is 2.27. The largest absolute Gasteiger partial charge is 0.465 e. The van der Waals surface area contributed by atoms with Crippen molar-refractivity contribution in [1.29, 1.82) is 0 Å². The third-order valence-corrected chi connectivity index (χ3v) is 5.38. The molecule has 0 radical (unpaired) electrons. The predicted octanol–water partition coefficient (Wildman–Crippen LogP) is 0.784. The van der Waals surface area contributed by atoms with Gasteiger partial charge in [-0.3, -0.25) is 0 Å². The summed E-state index contributed by atoms with van der Waals surface area (Å²) in [6.45, 7) is 2.81. The first-order valence-corrected chi connectivity index (χ1v) is 8.53. The van der Waals surface area contributed by atoms with Crippen molar-refractivity contribution in [3.05, 3.63) is 15.8 Å². The molecule has 9 heteroatoms. The molecule has 1 heterocycles. The standard InChI is InChI=1S/C12H19NO6S2/c1-9-8-20-10(12(14)18-3)11(9)21(15,16)13-4-5-19-7-6-17-2/h8,13H,4-7H2,1-3H3. The second-order valence-electron chi connectivity index (χ2n) is 4.07. The zero-order valence-corrected chi connectivity index (χ0v) is 13.8. The summed E-state index contributed by atoms with van der Waals surface area (Å²) in [5.74, 6) is -0.662. The van der Waals surface area contributed by atoms with E-state index < -0.39 is 16.0 Å². The van der Waals surface area contributed by atoms with Crippen molar-refractivity contribution in [1.82, 2.24) is 4.72 Å². The molecule has 1 rings (SSSR count). The molecule has 0 bridgehead atoms. The van der Waals surface area contributed by atoms with Gasteiger partial charge in [-0.05, 0) is 17.9 Å². The average Bonchev–Trinajstić information content (AvgIpc) is 2.84. The molecule has 0 atom stereocenters. The van der Waals surface area contributed by atoms with Gasteiger partial charge in [0, 0.05) is 13.7 Å². The zero-order valence-electron chi connectivity index (χ0n) is 12.2. The minimum atomic E-state index is -3.78. The summed E-state index contributed by atoms with van der Waals surface area (Å²) in [4.78, 5) is 11.6. The smallest absolute Gasteiger partial charge is 0.349 e. The van der Waals surface area contributed by atoms with Gasteiger partial charge in [-0.25, -0.2) is 17.9 Å². The summed E-state index contributed by atoms with van der Waals surface area (Å²) in [5.41, 5.74) is 0.508. The molecular weight excluding hydrogens is 318 g/mol. The lowest BCUT2D eigenvalue weighted by atomic mass is 10.3. The molecule has 0 aliphatic heterocycles. The first-order valence-electron chi connectivity index (χ1n) is 6.16. The van der Waals surface area contributed by atoms with Crippen LogP contribution >= 0.6 is 11.3 Å². The van der Waals surface area contributed by atoms with Crippen LogP contribution in [0.3, 0.4) is 0 Å². The highest BCUT2D eigenvalue weighted by atomic mass is 32.2. The molecule has 1 N–H and O–H groups in total. The van der Waals surface area contributed by atoms with Gasteiger partial charge in [0.15, 0.2) is 0 Å². The molecule has 0 aliphatic carbocycles. The van der Waals surface area contributed by atoms with E-state index in [1.807, 2.05) is 0 Å². The topological polar surface area (TPSA) is 90.9 Å². The van der Waals surface area contributed by atoms with Crippen LogP contribution in [0, 0.1) is 6.92 Å². The highest BCUT2D eigenvalue weighted by molar-refractivity contribution is 7.89. The Morgan fingerprint density at radius 2 is 2.00 bits per heavy atom. The molecule has 120 valence electrons. The number of thiophene rings is 1. The molecule has 0 aromatic carbocycles. The Morgan fingerprint density at radius 1 is 1.29 bits per heavy atom. The third-order valence-electron chi connectivity index (χ3n) is 2.53. The fourth-order valence-corrected chi connectivity index (χ4v) is 4.28. The summed E-state index contributed by atoms with van der Waals surface area (Å²) in [6.07, 6.45) is 0. The second kappa shape index (κ2) is 8.44. The lowest BCUT2D eigenvalue weighted by Crippen LogP contribution is -2.29. The number of nitrogens with one attached hydrogen (secondary N) is 1. The number of carbonyl (C=O) groups excluding carboxylic acids is 1. The van der Waals surface area contributed by atoms with E-state index in [0.717, 1.165) is 11.3 Å². The molecule has 21 heavy (non-hydrogen) atoms. The third kappa shape index (κ3) is 5.04. The molecule has 7 nitrogen and oxygen atoms in total. The van der Waals surface area contributed by atoms with E-state index in [2.05, 4.69) is 9.46 Å². The van der Waals surface area contributed by atoms with Crippen LogP contribution in [0.1, 0.15) is 15.2 Å². The van der Waals surface area contributed by atoms with Crippen molar-refractivity contribution < 1.29 is 27.4 Å². The minimum absolute atomic E-state index is 0.0313. The Bertz CT molecular complexity index is 566. The maximum atomic E-state index is 12.3. The van der Waals surface area contributed by atoms with Crippen molar-refractivity contribution in [2.75, 3.05) is 40.6 Å². The Labute approximate surface area is 128 Å². The maximum Gasteiger partial charge on any atom is 0.349 e. The van der Waals surface area contributed by atoms with Crippen LogP contribution in [-0.2, 0) is 24.2 Å². The van der Waals surface area contributed by atoms with Crippen molar-refractivity contribution >= 4 is 27.3 Å². The van der Waals surface area contributed by atoms with Crippen molar-refractivity contribution in [2.45, 2.75) is 11.8 Å². The number of aryl methyl sites for hydroxylation is 1. The van der Waals surface area contributed by atoms with Crippen LogP contribution in [-0.4, -0.2) is 55.0 Å². The molecule has 0 amide bonds. The molecule has 0 fully saturated rings. The molecule has 0 spiro atoms. The van der Waals surface area contributed by atoms with Gasteiger partial charge in [-0.1, -0.05) is 0 Å². The van der Waals surface area contributed by atoms with Crippen LogP contribution in [0.25, 0.3) is 0 Å². The SMILES string of the molecule is COCCOCCNS(=O)(=O)c1c(C)csc1C(=O)OC. The predicted molar refractivity (Wildman–Crippen MR) is 78.3 cm³/mol. The number of carbonyl (C=O) groups is 1. The van der Waals surface area contributed by atoms with Crippen LogP contribution in [0.15, 0.2) is 10.3 Å². The molecule has 0 saturated heterocycles. The molecule has 0 saturated carbocycles. The summed E-state index contributed by atoms with van der Waals surface area (Å²) < 4.78 is 41.5. The average molecular weight is 337 g/mol. The van der Waals surface area contributed by atoms with Gasteiger partial charge in [-0.2, -0.15) is 0 Å². The quantitative estimate of drug-likeness (QED) is 0.529. The van der Waals surface area contributed by atoms with Gasteiger partial charge >= 0.3 is 5.97 Å². The summed E-state index contributed by atoms with van der Waals surface area (Å²) >= 11 is 1.04. The second-order valence-corrected chi connectivity index (χ2v) is 6.65. The summed E-state index contributed by atoms with van der Waals surface area (Å²) in [6, 6.07) is 0. The summed E-state index contributed by atoms with van der Waals surface area (Å²) in [7, 11) is -1.01. The Balaban J connectivity index is 2.70. The molecule has 1 aromatic rings. The minimum Gasteiger partial charge on any atom is -0.465 e. The number of methoxy groups -OCH3 is 2. The van der Waals surface area contributed by atoms with Crippen LogP contribution < -0.4 is 4.72 Å². The number of sulfonamides is 1. The van der Waals surface area contributed by atoms with Gasteiger partial charge in [0.05, 0.1) is 26.9 Å².